The second kappa shape index (κ2) is 8.06. The Morgan fingerprint density at radius 1 is 1.50 bits per heavy atom. The Kier molecular flexibility index (Phi) is 7.49. The van der Waals surface area contributed by atoms with E-state index in [9.17, 15) is 9.59 Å². The first kappa shape index (κ1) is 14.9. The Labute approximate surface area is 96.1 Å². The average Bonchev–Trinajstić information content (AvgIpc) is 2.31. The van der Waals surface area contributed by atoms with Crippen molar-refractivity contribution in [2.45, 2.75) is 19.4 Å². The number of nitrogens with one attached hydrogen (secondary N) is 1. The van der Waals surface area contributed by atoms with E-state index in [1.807, 2.05) is 6.92 Å². The van der Waals surface area contributed by atoms with Crippen LogP contribution in [0.3, 0.4) is 0 Å². The van der Waals surface area contributed by atoms with Crippen LogP contribution in [0.25, 0.3) is 0 Å². The summed E-state index contributed by atoms with van der Waals surface area (Å²) in [6.07, 6.45) is 0.458. The molecule has 0 saturated carbocycles. The van der Waals surface area contributed by atoms with Crippen LogP contribution in [0.4, 0.5) is 0 Å². The molecule has 0 aromatic heterocycles. The van der Waals surface area contributed by atoms with Gasteiger partial charge in [-0.1, -0.05) is 0 Å². The van der Waals surface area contributed by atoms with Crippen LogP contribution in [0.5, 0.6) is 0 Å². The van der Waals surface area contributed by atoms with Crippen molar-refractivity contribution in [3.05, 3.63) is 0 Å². The van der Waals surface area contributed by atoms with Crippen molar-refractivity contribution in [3.63, 3.8) is 0 Å². The molecule has 1 unspecified atom stereocenters. The molecule has 0 fully saturated rings. The van der Waals surface area contributed by atoms with Gasteiger partial charge in [0.25, 0.3) is 0 Å². The maximum Gasteiger partial charge on any atom is 0.240 e. The quantitative estimate of drug-likeness (QED) is 0.585. The zero-order chi connectivity index (χ0) is 12.6. The topological polar surface area (TPSA) is 84.7 Å². The molecule has 0 aliphatic rings. The Balaban J connectivity index is 4.23. The monoisotopic (exact) mass is 231 g/mol. The zero-order valence-corrected chi connectivity index (χ0v) is 10.2. The molecule has 16 heavy (non-hydrogen) atoms. The molecule has 1 atom stereocenters. The highest BCUT2D eigenvalue weighted by atomic mass is 16.5. The van der Waals surface area contributed by atoms with Gasteiger partial charge in [-0.15, -0.1) is 0 Å². The fourth-order valence-corrected chi connectivity index (χ4v) is 1.20. The van der Waals surface area contributed by atoms with Crippen molar-refractivity contribution in [3.8, 4) is 0 Å². The Hall–Kier alpha value is -1.14. The van der Waals surface area contributed by atoms with Gasteiger partial charge in [0.15, 0.2) is 0 Å². The first-order valence-corrected chi connectivity index (χ1v) is 5.30. The van der Waals surface area contributed by atoms with Crippen molar-refractivity contribution in [1.82, 2.24) is 10.2 Å². The summed E-state index contributed by atoms with van der Waals surface area (Å²) in [7, 11) is 3.09. The summed E-state index contributed by atoms with van der Waals surface area (Å²) >= 11 is 0. The van der Waals surface area contributed by atoms with E-state index in [0.717, 1.165) is 0 Å². The predicted octanol–water partition coefficient (Wildman–Crippen LogP) is -1.06. The molecule has 6 heteroatoms. The zero-order valence-electron chi connectivity index (χ0n) is 10.2. The standard InChI is InChI=1S/C10H21N3O3/c1-4-13(7-9(14)12-2)10(15)8(11)5-6-16-3/h8H,4-7,11H2,1-3H3,(H,12,14). The number of nitrogens with two attached hydrogens (primary N) is 1. The maximum atomic E-state index is 11.8. The largest absolute Gasteiger partial charge is 0.385 e. The molecular weight excluding hydrogens is 210 g/mol. The third kappa shape index (κ3) is 5.09. The first-order chi connectivity index (χ1) is 7.56. The molecule has 3 N–H and O–H groups in total. The van der Waals surface area contributed by atoms with E-state index in [0.29, 0.717) is 19.6 Å². The van der Waals surface area contributed by atoms with Crippen LogP contribution < -0.4 is 11.1 Å². The van der Waals surface area contributed by atoms with Crippen molar-refractivity contribution in [2.75, 3.05) is 33.9 Å². The lowest BCUT2D eigenvalue weighted by atomic mass is 10.2. The lowest BCUT2D eigenvalue weighted by molar-refractivity contribution is -0.137. The smallest absolute Gasteiger partial charge is 0.240 e. The molecule has 0 aliphatic heterocycles. The molecule has 0 aromatic rings. The van der Waals surface area contributed by atoms with E-state index in [1.165, 1.54) is 11.9 Å². The number of amides is 2. The lowest BCUT2D eigenvalue weighted by Crippen LogP contribution is -2.47. The van der Waals surface area contributed by atoms with Crippen molar-refractivity contribution < 1.29 is 14.3 Å². The summed E-state index contributed by atoms with van der Waals surface area (Å²) in [5.74, 6) is -0.419. The van der Waals surface area contributed by atoms with Gasteiger partial charge in [-0.25, -0.2) is 0 Å². The van der Waals surface area contributed by atoms with Crippen LogP contribution in [0.15, 0.2) is 0 Å². The van der Waals surface area contributed by atoms with Crippen molar-refractivity contribution in [2.24, 2.45) is 5.73 Å². The minimum Gasteiger partial charge on any atom is -0.385 e. The van der Waals surface area contributed by atoms with E-state index in [2.05, 4.69) is 5.32 Å². The highest BCUT2D eigenvalue weighted by Gasteiger charge is 2.21. The number of nitrogens with zero attached hydrogens (tertiary/aromatic N) is 1. The molecule has 0 rings (SSSR count). The Morgan fingerprint density at radius 2 is 2.12 bits per heavy atom. The van der Waals surface area contributed by atoms with Gasteiger partial charge in [0.2, 0.25) is 11.8 Å². The third-order valence-corrected chi connectivity index (χ3v) is 2.26. The normalized spacial score (nSPS) is 12.0. The van der Waals surface area contributed by atoms with Crippen LogP contribution in [0.1, 0.15) is 13.3 Å². The number of likely N-dealkylation sites (N-methyl/N-ethyl adjacent to an activating group) is 2. The molecule has 0 heterocycles. The summed E-state index contributed by atoms with van der Waals surface area (Å²) < 4.78 is 4.85. The fraction of sp³-hybridized carbons (Fsp3) is 0.800. The first-order valence-electron chi connectivity index (χ1n) is 5.30. The molecule has 0 saturated heterocycles. The summed E-state index contributed by atoms with van der Waals surface area (Å²) in [5, 5.41) is 2.47. The van der Waals surface area contributed by atoms with E-state index in [4.69, 9.17) is 10.5 Å². The number of methoxy groups -OCH3 is 1. The third-order valence-electron chi connectivity index (χ3n) is 2.26. The molecule has 0 radical (unpaired) electrons. The summed E-state index contributed by atoms with van der Waals surface area (Å²) in [6.45, 7) is 2.76. The van der Waals surface area contributed by atoms with E-state index in [1.54, 1.807) is 7.11 Å². The lowest BCUT2D eigenvalue weighted by Gasteiger charge is -2.23. The van der Waals surface area contributed by atoms with Crippen LogP contribution in [0.2, 0.25) is 0 Å². The van der Waals surface area contributed by atoms with Crippen LogP contribution >= 0.6 is 0 Å². The maximum absolute atomic E-state index is 11.8. The van der Waals surface area contributed by atoms with Gasteiger partial charge in [-0.05, 0) is 13.3 Å². The fourth-order valence-electron chi connectivity index (χ4n) is 1.20. The highest BCUT2D eigenvalue weighted by Crippen LogP contribution is 1.97. The minimum absolute atomic E-state index is 0.0481. The number of carbonyl (C=O) groups excluding carboxylic acids is 2. The number of carbonyl (C=O) groups is 2. The SMILES string of the molecule is CCN(CC(=O)NC)C(=O)C(N)CCOC. The van der Waals surface area contributed by atoms with Gasteiger partial charge in [0, 0.05) is 27.3 Å². The van der Waals surface area contributed by atoms with Gasteiger partial charge in [0.1, 0.15) is 0 Å². The van der Waals surface area contributed by atoms with Gasteiger partial charge < -0.3 is 20.7 Å². The summed E-state index contributed by atoms with van der Waals surface area (Å²) in [5.41, 5.74) is 5.69. The van der Waals surface area contributed by atoms with E-state index >= 15 is 0 Å². The molecule has 94 valence electrons. The van der Waals surface area contributed by atoms with Crippen molar-refractivity contribution in [1.29, 1.82) is 0 Å². The van der Waals surface area contributed by atoms with Gasteiger partial charge in [-0.2, -0.15) is 0 Å². The predicted molar refractivity (Wildman–Crippen MR) is 60.8 cm³/mol. The summed E-state index contributed by atoms with van der Waals surface area (Å²) in [4.78, 5) is 24.4. The van der Waals surface area contributed by atoms with E-state index < -0.39 is 6.04 Å². The molecule has 0 spiro atoms. The Bertz CT molecular complexity index is 233. The number of ether oxygens (including phenoxy) is 1. The second-order valence-corrected chi connectivity index (χ2v) is 3.41. The summed E-state index contributed by atoms with van der Waals surface area (Å²) in [6, 6.07) is -0.607. The van der Waals surface area contributed by atoms with Gasteiger partial charge in [0.05, 0.1) is 12.6 Å². The van der Waals surface area contributed by atoms with Crippen LogP contribution in [-0.4, -0.2) is 56.6 Å². The van der Waals surface area contributed by atoms with Crippen LogP contribution in [0, 0.1) is 0 Å². The van der Waals surface area contributed by atoms with Crippen LogP contribution in [-0.2, 0) is 14.3 Å². The number of hydrogen-bond acceptors (Lipinski definition) is 4. The van der Waals surface area contributed by atoms with E-state index in [-0.39, 0.29) is 18.4 Å². The molecular formula is C10H21N3O3. The minimum atomic E-state index is -0.607. The Morgan fingerprint density at radius 3 is 2.56 bits per heavy atom. The van der Waals surface area contributed by atoms with Gasteiger partial charge in [-0.3, -0.25) is 9.59 Å². The average molecular weight is 231 g/mol. The molecule has 0 bridgehead atoms. The molecule has 2 amide bonds. The van der Waals surface area contributed by atoms with Crippen molar-refractivity contribution >= 4 is 11.8 Å². The number of hydrogen-bond donors (Lipinski definition) is 2. The molecule has 0 aromatic carbocycles. The number of rotatable bonds is 7. The van der Waals surface area contributed by atoms with Gasteiger partial charge >= 0.3 is 0 Å². The molecule has 0 aliphatic carbocycles. The highest BCUT2D eigenvalue weighted by molar-refractivity contribution is 5.87. The second-order valence-electron chi connectivity index (χ2n) is 3.41. The molecule has 6 nitrogen and oxygen atoms in total.